The van der Waals surface area contributed by atoms with E-state index in [4.69, 9.17) is 21.1 Å². The van der Waals surface area contributed by atoms with Gasteiger partial charge in [-0.2, -0.15) is 4.31 Å². The fourth-order valence-corrected chi connectivity index (χ4v) is 6.62. The Balaban J connectivity index is 2.04. The molecule has 1 unspecified atom stereocenters. The zero-order chi connectivity index (χ0) is 26.9. The number of benzene rings is 2. The van der Waals surface area contributed by atoms with Crippen LogP contribution in [0.25, 0.3) is 0 Å². The summed E-state index contributed by atoms with van der Waals surface area (Å²) in [7, 11) is -3.91. The lowest BCUT2D eigenvalue weighted by Crippen LogP contribution is -2.45. The summed E-state index contributed by atoms with van der Waals surface area (Å²) in [5.41, 5.74) is 1.19. The van der Waals surface area contributed by atoms with Crippen molar-refractivity contribution in [2.24, 2.45) is 5.41 Å². The molecule has 6 nitrogen and oxygen atoms in total. The SMILES string of the molecule is Cc1ccccc1S(=O)(=O)N1C(C(C)(C)C)C=C(COCC(=O)OC(C)(C)C)[C@@H]1c1ccc(Cl)cc1. The van der Waals surface area contributed by atoms with Crippen LogP contribution in [-0.4, -0.2) is 43.5 Å². The van der Waals surface area contributed by atoms with E-state index < -0.39 is 39.1 Å². The van der Waals surface area contributed by atoms with Crippen molar-refractivity contribution >= 4 is 27.6 Å². The summed E-state index contributed by atoms with van der Waals surface area (Å²) >= 11 is 6.15. The number of rotatable bonds is 7. The molecule has 2 atom stereocenters. The molecule has 1 heterocycles. The Morgan fingerprint density at radius 1 is 1.00 bits per heavy atom. The lowest BCUT2D eigenvalue weighted by atomic mass is 9.87. The van der Waals surface area contributed by atoms with Gasteiger partial charge in [-0.1, -0.05) is 68.8 Å². The van der Waals surface area contributed by atoms with Crippen LogP contribution >= 0.6 is 11.6 Å². The molecule has 8 heteroatoms. The molecule has 0 fully saturated rings. The molecule has 2 aromatic carbocycles. The maximum absolute atomic E-state index is 14.2. The van der Waals surface area contributed by atoms with Crippen LogP contribution < -0.4 is 0 Å². The summed E-state index contributed by atoms with van der Waals surface area (Å²) < 4.78 is 41.1. The van der Waals surface area contributed by atoms with Gasteiger partial charge < -0.3 is 9.47 Å². The highest BCUT2D eigenvalue weighted by Crippen LogP contribution is 2.46. The van der Waals surface area contributed by atoms with Crippen molar-refractivity contribution in [1.82, 2.24) is 4.31 Å². The molecule has 0 aromatic heterocycles. The number of halogens is 1. The molecule has 1 aliphatic heterocycles. The zero-order valence-corrected chi connectivity index (χ0v) is 23.6. The second-order valence-corrected chi connectivity index (χ2v) is 13.4. The molecule has 0 saturated heterocycles. The molecule has 3 rings (SSSR count). The minimum Gasteiger partial charge on any atom is -0.458 e. The van der Waals surface area contributed by atoms with E-state index in [0.29, 0.717) is 10.6 Å². The highest BCUT2D eigenvalue weighted by molar-refractivity contribution is 7.89. The van der Waals surface area contributed by atoms with Gasteiger partial charge >= 0.3 is 5.97 Å². The summed E-state index contributed by atoms with van der Waals surface area (Å²) in [4.78, 5) is 12.5. The highest BCUT2D eigenvalue weighted by atomic mass is 35.5. The molecule has 0 N–H and O–H groups in total. The van der Waals surface area contributed by atoms with E-state index in [-0.39, 0.29) is 18.1 Å². The zero-order valence-electron chi connectivity index (χ0n) is 22.0. The van der Waals surface area contributed by atoms with Gasteiger partial charge in [0.25, 0.3) is 0 Å². The normalized spacial score (nSPS) is 19.3. The van der Waals surface area contributed by atoms with Gasteiger partial charge in [-0.15, -0.1) is 0 Å². The number of hydrogen-bond donors (Lipinski definition) is 0. The summed E-state index contributed by atoms with van der Waals surface area (Å²) in [6, 6.07) is 13.1. The number of esters is 1. The first-order valence-corrected chi connectivity index (χ1v) is 13.8. The number of hydrogen-bond acceptors (Lipinski definition) is 5. The van der Waals surface area contributed by atoms with Crippen LogP contribution in [-0.2, 0) is 24.3 Å². The van der Waals surface area contributed by atoms with Crippen molar-refractivity contribution in [3.8, 4) is 0 Å². The summed E-state index contributed by atoms with van der Waals surface area (Å²) in [6.45, 7) is 13.1. The maximum atomic E-state index is 14.2. The van der Waals surface area contributed by atoms with Gasteiger partial charge in [-0.05, 0) is 68.0 Å². The molecule has 0 amide bonds. The van der Waals surface area contributed by atoms with Gasteiger partial charge in [0.1, 0.15) is 12.2 Å². The van der Waals surface area contributed by atoms with Crippen LogP contribution in [0.15, 0.2) is 65.1 Å². The molecular formula is C28H36ClNO5S. The minimum absolute atomic E-state index is 0.0822. The molecule has 2 aromatic rings. The predicted octanol–water partition coefficient (Wildman–Crippen LogP) is 6.09. The van der Waals surface area contributed by atoms with E-state index in [1.54, 1.807) is 62.3 Å². The Labute approximate surface area is 220 Å². The van der Waals surface area contributed by atoms with Crippen molar-refractivity contribution in [2.75, 3.05) is 13.2 Å². The third-order valence-corrected chi connectivity index (χ3v) is 8.14. The van der Waals surface area contributed by atoms with Gasteiger partial charge in [-0.25, -0.2) is 13.2 Å². The second-order valence-electron chi connectivity index (χ2n) is 11.2. The molecule has 0 bridgehead atoms. The van der Waals surface area contributed by atoms with E-state index in [1.165, 1.54) is 0 Å². The number of ether oxygens (including phenoxy) is 2. The van der Waals surface area contributed by atoms with Crippen molar-refractivity contribution in [3.05, 3.63) is 76.3 Å². The molecular weight excluding hydrogens is 498 g/mol. The van der Waals surface area contributed by atoms with Gasteiger partial charge in [0.05, 0.1) is 17.5 Å². The van der Waals surface area contributed by atoms with E-state index >= 15 is 0 Å². The molecule has 0 saturated carbocycles. The van der Waals surface area contributed by atoms with Crippen LogP contribution in [0.3, 0.4) is 0 Å². The molecule has 196 valence electrons. The minimum atomic E-state index is -3.91. The van der Waals surface area contributed by atoms with Gasteiger partial charge in [-0.3, -0.25) is 0 Å². The summed E-state index contributed by atoms with van der Waals surface area (Å²) in [6.07, 6.45) is 1.96. The van der Waals surface area contributed by atoms with Crippen molar-refractivity contribution in [1.29, 1.82) is 0 Å². The predicted molar refractivity (Wildman–Crippen MR) is 142 cm³/mol. The maximum Gasteiger partial charge on any atom is 0.332 e. The topological polar surface area (TPSA) is 72.9 Å². The van der Waals surface area contributed by atoms with Gasteiger partial charge in [0.15, 0.2) is 0 Å². The Hall–Kier alpha value is -2.19. The summed E-state index contributed by atoms with van der Waals surface area (Å²) in [5, 5.41) is 0.559. The average Bonchev–Trinajstić information content (AvgIpc) is 3.14. The Bertz CT molecular complexity index is 1220. The van der Waals surface area contributed by atoms with Gasteiger partial charge in [0, 0.05) is 11.1 Å². The quantitative estimate of drug-likeness (QED) is 0.318. The lowest BCUT2D eigenvalue weighted by molar-refractivity contribution is -0.159. The Morgan fingerprint density at radius 3 is 2.17 bits per heavy atom. The van der Waals surface area contributed by atoms with Crippen molar-refractivity contribution < 1.29 is 22.7 Å². The fraction of sp³-hybridized carbons (Fsp3) is 0.464. The van der Waals surface area contributed by atoms with E-state index in [0.717, 1.165) is 11.1 Å². The monoisotopic (exact) mass is 533 g/mol. The smallest absolute Gasteiger partial charge is 0.332 e. The molecule has 0 radical (unpaired) electrons. The van der Waals surface area contributed by atoms with Crippen LogP contribution in [0.1, 0.15) is 58.7 Å². The average molecular weight is 534 g/mol. The van der Waals surface area contributed by atoms with Crippen LogP contribution in [0.5, 0.6) is 0 Å². The van der Waals surface area contributed by atoms with E-state index in [9.17, 15) is 13.2 Å². The second kappa shape index (κ2) is 10.7. The van der Waals surface area contributed by atoms with Crippen LogP contribution in [0.4, 0.5) is 0 Å². The number of sulfonamides is 1. The van der Waals surface area contributed by atoms with Crippen LogP contribution in [0.2, 0.25) is 5.02 Å². The molecule has 0 aliphatic carbocycles. The van der Waals surface area contributed by atoms with E-state index in [1.807, 2.05) is 45.0 Å². The molecule has 36 heavy (non-hydrogen) atoms. The Morgan fingerprint density at radius 2 is 1.61 bits per heavy atom. The molecule has 1 aliphatic rings. The first-order valence-electron chi connectivity index (χ1n) is 12.0. The van der Waals surface area contributed by atoms with Gasteiger partial charge in [0.2, 0.25) is 10.0 Å². The first-order chi connectivity index (χ1) is 16.6. The lowest BCUT2D eigenvalue weighted by Gasteiger charge is -2.37. The fourth-order valence-electron chi connectivity index (χ4n) is 4.33. The standard InChI is InChI=1S/C28H36ClNO5S/c1-19-10-8-9-11-23(19)36(32,33)30-24(27(2,3)4)16-21(17-34-18-25(31)35-28(5,6)7)26(30)20-12-14-22(29)15-13-20/h8-16,24,26H,17-18H2,1-7H3/t24?,26-/m0/s1. The van der Waals surface area contributed by atoms with Crippen molar-refractivity contribution in [2.45, 2.75) is 71.0 Å². The number of carbonyl (C=O) groups is 1. The highest BCUT2D eigenvalue weighted by Gasteiger charge is 2.48. The largest absolute Gasteiger partial charge is 0.458 e. The number of carbonyl (C=O) groups excluding carboxylic acids is 1. The van der Waals surface area contributed by atoms with Crippen LogP contribution in [0, 0.1) is 12.3 Å². The Kier molecular flexibility index (Phi) is 8.40. The van der Waals surface area contributed by atoms with E-state index in [2.05, 4.69) is 0 Å². The first kappa shape index (κ1) is 28.4. The molecule has 0 spiro atoms. The third kappa shape index (κ3) is 6.57. The third-order valence-electron chi connectivity index (χ3n) is 5.88. The number of nitrogens with zero attached hydrogens (tertiary/aromatic N) is 1. The number of aryl methyl sites for hydroxylation is 1. The van der Waals surface area contributed by atoms with Crippen molar-refractivity contribution in [3.63, 3.8) is 0 Å². The summed E-state index contributed by atoms with van der Waals surface area (Å²) in [5.74, 6) is -0.471.